The Balaban J connectivity index is 1.54. The summed E-state index contributed by atoms with van der Waals surface area (Å²) >= 11 is 0. The summed E-state index contributed by atoms with van der Waals surface area (Å²) in [6, 6.07) is 14.8. The monoisotopic (exact) mass is 367 g/mol. The smallest absolute Gasteiger partial charge is 0.259 e. The van der Waals surface area contributed by atoms with Crippen molar-refractivity contribution in [3.63, 3.8) is 0 Å². The highest BCUT2D eigenvalue weighted by atomic mass is 16.5. The van der Waals surface area contributed by atoms with Crippen LogP contribution in [0, 0.1) is 0 Å². The first-order chi connectivity index (χ1) is 13.1. The summed E-state index contributed by atoms with van der Waals surface area (Å²) < 4.78 is 5.02. The molecule has 0 radical (unpaired) electrons. The van der Waals surface area contributed by atoms with Crippen LogP contribution in [-0.4, -0.2) is 48.2 Å². The molecule has 1 aliphatic heterocycles. The predicted molar refractivity (Wildman–Crippen MR) is 101 cm³/mol. The van der Waals surface area contributed by atoms with Crippen LogP contribution in [-0.2, 0) is 9.59 Å². The van der Waals surface area contributed by atoms with E-state index in [0.717, 1.165) is 5.56 Å². The zero-order valence-corrected chi connectivity index (χ0v) is 15.0. The number of para-hydroxylation sites is 1. The SMILES string of the molecule is COc1cccc(/C=N/NC(=O)CN2C[C@@H](c3ccccc3)CC2=O)c1O. The summed E-state index contributed by atoms with van der Waals surface area (Å²) in [5.74, 6) is -0.0776. The number of amides is 2. The number of nitrogens with zero attached hydrogens (tertiary/aromatic N) is 2. The van der Waals surface area contributed by atoms with Crippen molar-refractivity contribution in [2.45, 2.75) is 12.3 Å². The first-order valence-corrected chi connectivity index (χ1v) is 8.59. The lowest BCUT2D eigenvalue weighted by atomic mass is 9.99. The standard InChI is InChI=1S/C20H21N3O4/c1-27-17-9-5-8-15(20(17)26)11-21-22-18(24)13-23-12-16(10-19(23)25)14-6-3-2-4-7-14/h2-9,11,16,26H,10,12-13H2,1H3,(H,22,24)/b21-11+/t16-/m0/s1. The molecule has 0 bridgehead atoms. The zero-order valence-electron chi connectivity index (χ0n) is 15.0. The third-order valence-electron chi connectivity index (χ3n) is 4.46. The van der Waals surface area contributed by atoms with E-state index >= 15 is 0 Å². The van der Waals surface area contributed by atoms with Crippen molar-refractivity contribution in [2.24, 2.45) is 5.10 Å². The molecule has 0 aromatic heterocycles. The van der Waals surface area contributed by atoms with Crippen LogP contribution in [0.15, 0.2) is 53.6 Å². The van der Waals surface area contributed by atoms with Gasteiger partial charge in [-0.1, -0.05) is 36.4 Å². The molecule has 1 aliphatic rings. The third kappa shape index (κ3) is 4.44. The molecule has 7 heteroatoms. The number of methoxy groups -OCH3 is 1. The van der Waals surface area contributed by atoms with Gasteiger partial charge in [0.05, 0.1) is 13.3 Å². The number of phenols is 1. The van der Waals surface area contributed by atoms with E-state index in [1.54, 1.807) is 18.2 Å². The average molecular weight is 367 g/mol. The van der Waals surface area contributed by atoms with Crippen molar-refractivity contribution < 1.29 is 19.4 Å². The number of ether oxygens (including phenoxy) is 1. The topological polar surface area (TPSA) is 91.2 Å². The summed E-state index contributed by atoms with van der Waals surface area (Å²) in [7, 11) is 1.45. The molecule has 1 atom stereocenters. The zero-order chi connectivity index (χ0) is 19.2. The van der Waals surface area contributed by atoms with Crippen LogP contribution in [0.5, 0.6) is 11.5 Å². The van der Waals surface area contributed by atoms with Gasteiger partial charge in [0, 0.05) is 24.4 Å². The van der Waals surface area contributed by atoms with E-state index in [2.05, 4.69) is 10.5 Å². The van der Waals surface area contributed by atoms with Gasteiger partial charge in [-0.25, -0.2) is 5.43 Å². The molecule has 1 heterocycles. The molecule has 2 aromatic carbocycles. The van der Waals surface area contributed by atoms with E-state index in [4.69, 9.17) is 4.74 Å². The minimum absolute atomic E-state index is 0.0478. The number of likely N-dealkylation sites (tertiary alicyclic amines) is 1. The highest BCUT2D eigenvalue weighted by Gasteiger charge is 2.31. The Bertz CT molecular complexity index is 852. The number of benzene rings is 2. The van der Waals surface area contributed by atoms with Crippen LogP contribution in [0.3, 0.4) is 0 Å². The van der Waals surface area contributed by atoms with Gasteiger partial charge in [-0.2, -0.15) is 5.10 Å². The van der Waals surface area contributed by atoms with E-state index in [9.17, 15) is 14.7 Å². The van der Waals surface area contributed by atoms with Gasteiger partial charge in [-0.15, -0.1) is 0 Å². The second kappa shape index (κ2) is 8.35. The van der Waals surface area contributed by atoms with Crippen molar-refractivity contribution >= 4 is 18.0 Å². The molecule has 1 fully saturated rings. The minimum Gasteiger partial charge on any atom is -0.504 e. The molecule has 0 spiro atoms. The molecule has 2 aromatic rings. The number of carbonyl (C=O) groups is 2. The molecular weight excluding hydrogens is 346 g/mol. The summed E-state index contributed by atoms with van der Waals surface area (Å²) in [4.78, 5) is 25.8. The van der Waals surface area contributed by atoms with Gasteiger partial charge in [0.25, 0.3) is 5.91 Å². The van der Waals surface area contributed by atoms with Gasteiger partial charge in [0.15, 0.2) is 11.5 Å². The highest BCUT2D eigenvalue weighted by molar-refractivity contribution is 5.88. The average Bonchev–Trinajstić information content (AvgIpc) is 3.04. The van der Waals surface area contributed by atoms with Gasteiger partial charge in [0.1, 0.15) is 6.54 Å². The molecule has 7 nitrogen and oxygen atoms in total. The fourth-order valence-electron chi connectivity index (χ4n) is 3.06. The Kier molecular flexibility index (Phi) is 5.71. The first-order valence-electron chi connectivity index (χ1n) is 8.59. The van der Waals surface area contributed by atoms with Gasteiger partial charge >= 0.3 is 0 Å². The molecular formula is C20H21N3O4. The number of nitrogens with one attached hydrogen (secondary N) is 1. The second-order valence-corrected chi connectivity index (χ2v) is 6.28. The first kappa shape index (κ1) is 18.4. The summed E-state index contributed by atoms with van der Waals surface area (Å²) in [5, 5.41) is 13.8. The van der Waals surface area contributed by atoms with E-state index in [1.807, 2.05) is 30.3 Å². The molecule has 2 amide bonds. The van der Waals surface area contributed by atoms with E-state index < -0.39 is 5.91 Å². The van der Waals surface area contributed by atoms with Crippen LogP contribution < -0.4 is 10.2 Å². The Labute approximate surface area is 157 Å². The fourth-order valence-corrected chi connectivity index (χ4v) is 3.06. The molecule has 0 saturated carbocycles. The fraction of sp³-hybridized carbons (Fsp3) is 0.250. The van der Waals surface area contributed by atoms with Gasteiger partial charge < -0.3 is 14.7 Å². The Morgan fingerprint density at radius 2 is 2.07 bits per heavy atom. The highest BCUT2D eigenvalue weighted by Crippen LogP contribution is 2.28. The van der Waals surface area contributed by atoms with Crippen molar-refractivity contribution in [2.75, 3.05) is 20.2 Å². The molecule has 1 saturated heterocycles. The maximum atomic E-state index is 12.2. The van der Waals surface area contributed by atoms with E-state index in [-0.39, 0.29) is 24.1 Å². The molecule has 2 N–H and O–H groups in total. The summed E-state index contributed by atoms with van der Waals surface area (Å²) in [6.07, 6.45) is 1.73. The lowest BCUT2D eigenvalue weighted by molar-refractivity contribution is -0.133. The predicted octanol–water partition coefficient (Wildman–Crippen LogP) is 1.87. The van der Waals surface area contributed by atoms with Crippen LogP contribution >= 0.6 is 0 Å². The number of rotatable bonds is 6. The molecule has 0 unspecified atom stereocenters. The van der Waals surface area contributed by atoms with Gasteiger partial charge in [0.2, 0.25) is 5.91 Å². The number of aromatic hydroxyl groups is 1. The van der Waals surface area contributed by atoms with Crippen LogP contribution in [0.4, 0.5) is 0 Å². The largest absolute Gasteiger partial charge is 0.504 e. The molecule has 3 rings (SSSR count). The van der Waals surface area contributed by atoms with Gasteiger partial charge in [-0.3, -0.25) is 9.59 Å². The number of phenolic OH excluding ortho intramolecular Hbond substituents is 1. The Morgan fingerprint density at radius 3 is 2.81 bits per heavy atom. The quantitative estimate of drug-likeness (QED) is 0.602. The van der Waals surface area contributed by atoms with E-state index in [0.29, 0.717) is 24.3 Å². The Morgan fingerprint density at radius 1 is 1.30 bits per heavy atom. The molecule has 0 aliphatic carbocycles. The lowest BCUT2D eigenvalue weighted by Gasteiger charge is -2.15. The third-order valence-corrected chi connectivity index (χ3v) is 4.46. The number of hydrazone groups is 1. The van der Waals surface area contributed by atoms with Crippen molar-refractivity contribution in [1.29, 1.82) is 0 Å². The van der Waals surface area contributed by atoms with Crippen LogP contribution in [0.1, 0.15) is 23.5 Å². The lowest BCUT2D eigenvalue weighted by Crippen LogP contribution is -2.36. The molecule has 140 valence electrons. The second-order valence-electron chi connectivity index (χ2n) is 6.28. The summed E-state index contributed by atoms with van der Waals surface area (Å²) in [5.41, 5.74) is 3.89. The van der Waals surface area contributed by atoms with Crippen molar-refractivity contribution in [3.8, 4) is 11.5 Å². The maximum Gasteiger partial charge on any atom is 0.259 e. The normalized spacial score (nSPS) is 16.7. The minimum atomic E-state index is -0.393. The van der Waals surface area contributed by atoms with Crippen molar-refractivity contribution in [3.05, 3.63) is 59.7 Å². The van der Waals surface area contributed by atoms with Crippen molar-refractivity contribution in [1.82, 2.24) is 10.3 Å². The van der Waals surface area contributed by atoms with E-state index in [1.165, 1.54) is 18.2 Å². The number of carbonyl (C=O) groups excluding carboxylic acids is 2. The Hall–Kier alpha value is -3.35. The van der Waals surface area contributed by atoms with Crippen LogP contribution in [0.25, 0.3) is 0 Å². The maximum absolute atomic E-state index is 12.2. The number of hydrogen-bond acceptors (Lipinski definition) is 5. The molecule has 27 heavy (non-hydrogen) atoms. The van der Waals surface area contributed by atoms with Crippen LogP contribution in [0.2, 0.25) is 0 Å². The van der Waals surface area contributed by atoms with Gasteiger partial charge in [-0.05, 0) is 17.7 Å². The number of hydrogen-bond donors (Lipinski definition) is 2. The summed E-state index contributed by atoms with van der Waals surface area (Å²) in [6.45, 7) is 0.459.